The molecule has 0 amide bonds. The van der Waals surface area contributed by atoms with E-state index in [1.165, 1.54) is 5.56 Å². The Hall–Kier alpha value is -3.01. The Labute approximate surface area is 153 Å². The second kappa shape index (κ2) is 7.08. The van der Waals surface area contributed by atoms with Crippen LogP contribution >= 0.6 is 0 Å². The monoisotopic (exact) mass is 347 g/mol. The summed E-state index contributed by atoms with van der Waals surface area (Å²) >= 11 is 0. The van der Waals surface area contributed by atoms with Crippen molar-refractivity contribution in [2.24, 2.45) is 0 Å². The number of ether oxygens (including phenoxy) is 3. The van der Waals surface area contributed by atoms with E-state index in [-0.39, 0.29) is 0 Å². The van der Waals surface area contributed by atoms with Crippen LogP contribution < -0.4 is 14.2 Å². The summed E-state index contributed by atoms with van der Waals surface area (Å²) < 4.78 is 17.1. The van der Waals surface area contributed by atoms with E-state index in [1.54, 1.807) is 6.20 Å². The molecule has 2 heterocycles. The van der Waals surface area contributed by atoms with Gasteiger partial charge in [0.05, 0.1) is 0 Å². The molecule has 0 unspecified atom stereocenters. The van der Waals surface area contributed by atoms with Crippen LogP contribution in [0.4, 0.5) is 0 Å². The Morgan fingerprint density at radius 1 is 0.846 bits per heavy atom. The third-order valence-corrected chi connectivity index (χ3v) is 4.38. The van der Waals surface area contributed by atoms with Gasteiger partial charge in [0.1, 0.15) is 19.0 Å². The van der Waals surface area contributed by atoms with Crippen molar-refractivity contribution in [3.8, 4) is 34.3 Å². The van der Waals surface area contributed by atoms with Crippen LogP contribution in [0.3, 0.4) is 0 Å². The van der Waals surface area contributed by atoms with E-state index in [4.69, 9.17) is 14.2 Å². The van der Waals surface area contributed by atoms with E-state index in [9.17, 15) is 0 Å². The number of hydrogen-bond acceptors (Lipinski definition) is 4. The molecule has 4 nitrogen and oxygen atoms in total. The van der Waals surface area contributed by atoms with Gasteiger partial charge in [-0.25, -0.2) is 4.98 Å². The first kappa shape index (κ1) is 16.5. The lowest BCUT2D eigenvalue weighted by molar-refractivity contribution is 0.171. The van der Waals surface area contributed by atoms with Crippen molar-refractivity contribution in [2.75, 3.05) is 13.2 Å². The smallest absolute Gasteiger partial charge is 0.219 e. The molecule has 1 aliphatic heterocycles. The molecule has 0 aliphatic carbocycles. The lowest BCUT2D eigenvalue weighted by Gasteiger charge is -2.18. The van der Waals surface area contributed by atoms with Gasteiger partial charge in [-0.1, -0.05) is 38.1 Å². The summed E-state index contributed by atoms with van der Waals surface area (Å²) in [6.45, 7) is 5.52. The van der Waals surface area contributed by atoms with Gasteiger partial charge in [0.25, 0.3) is 0 Å². The van der Waals surface area contributed by atoms with E-state index in [0.29, 0.717) is 36.5 Å². The van der Waals surface area contributed by atoms with Gasteiger partial charge in [0.15, 0.2) is 11.5 Å². The molecular formula is C22H21NO3. The number of nitrogens with zero attached hydrogens (tertiary/aromatic N) is 1. The third-order valence-electron chi connectivity index (χ3n) is 4.38. The molecule has 3 aromatic rings. The number of aromatic nitrogens is 1. The SMILES string of the molecule is CC(C)c1ccc(-c2ccnc(Oc3ccc4c(c3)OCCO4)c2)cc1. The standard InChI is InChI=1S/C22H21NO3/c1-15(2)16-3-5-17(6-4-16)18-9-10-23-22(13-18)26-19-7-8-20-21(14-19)25-12-11-24-20/h3-10,13-15H,11-12H2,1-2H3. The zero-order chi connectivity index (χ0) is 17.9. The van der Waals surface area contributed by atoms with Crippen molar-refractivity contribution in [1.29, 1.82) is 0 Å². The predicted octanol–water partition coefficient (Wildman–Crippen LogP) is 5.44. The number of fused-ring (bicyclic) bond motifs is 1. The van der Waals surface area contributed by atoms with Gasteiger partial charge in [-0.3, -0.25) is 0 Å². The summed E-state index contributed by atoms with van der Waals surface area (Å²) in [6.07, 6.45) is 1.76. The Bertz CT molecular complexity index is 904. The summed E-state index contributed by atoms with van der Waals surface area (Å²) in [5.41, 5.74) is 3.54. The molecule has 0 fully saturated rings. The Morgan fingerprint density at radius 2 is 1.62 bits per heavy atom. The Morgan fingerprint density at radius 3 is 2.38 bits per heavy atom. The average Bonchev–Trinajstić information content (AvgIpc) is 2.68. The fourth-order valence-corrected chi connectivity index (χ4v) is 2.91. The Kier molecular flexibility index (Phi) is 4.48. The second-order valence-corrected chi connectivity index (χ2v) is 6.57. The van der Waals surface area contributed by atoms with Crippen molar-refractivity contribution >= 4 is 0 Å². The van der Waals surface area contributed by atoms with Gasteiger partial charge in [-0.05, 0) is 40.8 Å². The van der Waals surface area contributed by atoms with Crippen molar-refractivity contribution in [2.45, 2.75) is 19.8 Å². The maximum absolute atomic E-state index is 5.92. The van der Waals surface area contributed by atoms with Gasteiger partial charge in [-0.15, -0.1) is 0 Å². The molecule has 1 aromatic heterocycles. The molecule has 0 saturated carbocycles. The minimum atomic E-state index is 0.524. The van der Waals surface area contributed by atoms with Crippen molar-refractivity contribution < 1.29 is 14.2 Å². The van der Waals surface area contributed by atoms with Crippen molar-refractivity contribution in [3.05, 3.63) is 66.4 Å². The molecule has 0 radical (unpaired) electrons. The van der Waals surface area contributed by atoms with E-state index in [0.717, 1.165) is 16.9 Å². The summed E-state index contributed by atoms with van der Waals surface area (Å²) in [5, 5.41) is 0. The zero-order valence-electron chi connectivity index (χ0n) is 14.9. The average molecular weight is 347 g/mol. The van der Waals surface area contributed by atoms with Crippen molar-refractivity contribution in [3.63, 3.8) is 0 Å². The van der Waals surface area contributed by atoms with Crippen LogP contribution in [0.2, 0.25) is 0 Å². The van der Waals surface area contributed by atoms with Gasteiger partial charge >= 0.3 is 0 Å². The van der Waals surface area contributed by atoms with Crippen LogP contribution in [0.1, 0.15) is 25.3 Å². The van der Waals surface area contributed by atoms with Gasteiger partial charge < -0.3 is 14.2 Å². The molecule has 26 heavy (non-hydrogen) atoms. The highest BCUT2D eigenvalue weighted by molar-refractivity contribution is 5.64. The number of benzene rings is 2. The molecule has 0 atom stereocenters. The zero-order valence-corrected chi connectivity index (χ0v) is 14.9. The molecule has 0 saturated heterocycles. The quantitative estimate of drug-likeness (QED) is 0.630. The van der Waals surface area contributed by atoms with E-state index in [2.05, 4.69) is 43.1 Å². The summed E-state index contributed by atoms with van der Waals surface area (Å²) in [7, 11) is 0. The molecule has 132 valence electrons. The van der Waals surface area contributed by atoms with Gasteiger partial charge in [0.2, 0.25) is 5.88 Å². The summed E-state index contributed by atoms with van der Waals surface area (Å²) in [6, 6.07) is 18.1. The summed E-state index contributed by atoms with van der Waals surface area (Å²) in [4.78, 5) is 4.32. The first-order valence-electron chi connectivity index (χ1n) is 8.83. The molecule has 2 aromatic carbocycles. The first-order chi connectivity index (χ1) is 12.7. The number of rotatable bonds is 4. The molecule has 0 spiro atoms. The van der Waals surface area contributed by atoms with E-state index >= 15 is 0 Å². The highest BCUT2D eigenvalue weighted by Gasteiger charge is 2.13. The molecule has 4 rings (SSSR count). The van der Waals surface area contributed by atoms with Crippen LogP contribution in [-0.2, 0) is 0 Å². The Balaban J connectivity index is 1.56. The lowest BCUT2D eigenvalue weighted by Crippen LogP contribution is -2.15. The normalized spacial score (nSPS) is 12.9. The fourth-order valence-electron chi connectivity index (χ4n) is 2.91. The lowest BCUT2D eigenvalue weighted by atomic mass is 9.99. The van der Waals surface area contributed by atoms with Gasteiger partial charge in [-0.2, -0.15) is 0 Å². The van der Waals surface area contributed by atoms with Crippen LogP contribution in [-0.4, -0.2) is 18.2 Å². The van der Waals surface area contributed by atoms with Crippen LogP contribution in [0, 0.1) is 0 Å². The largest absolute Gasteiger partial charge is 0.486 e. The van der Waals surface area contributed by atoms with E-state index < -0.39 is 0 Å². The second-order valence-electron chi connectivity index (χ2n) is 6.57. The predicted molar refractivity (Wildman–Crippen MR) is 101 cm³/mol. The highest BCUT2D eigenvalue weighted by Crippen LogP contribution is 2.35. The third kappa shape index (κ3) is 3.49. The molecule has 4 heteroatoms. The molecular weight excluding hydrogens is 326 g/mol. The number of hydrogen-bond donors (Lipinski definition) is 0. The minimum absolute atomic E-state index is 0.524. The molecule has 0 N–H and O–H groups in total. The minimum Gasteiger partial charge on any atom is -0.486 e. The topological polar surface area (TPSA) is 40.6 Å². The molecule has 0 bridgehead atoms. The first-order valence-corrected chi connectivity index (χ1v) is 8.83. The maximum Gasteiger partial charge on any atom is 0.219 e. The van der Waals surface area contributed by atoms with Crippen molar-refractivity contribution in [1.82, 2.24) is 4.98 Å². The fraction of sp³-hybridized carbons (Fsp3) is 0.227. The van der Waals surface area contributed by atoms with Gasteiger partial charge in [0, 0.05) is 18.3 Å². The van der Waals surface area contributed by atoms with Crippen LogP contribution in [0.25, 0.3) is 11.1 Å². The van der Waals surface area contributed by atoms with Crippen LogP contribution in [0.5, 0.6) is 23.1 Å². The highest BCUT2D eigenvalue weighted by atomic mass is 16.6. The van der Waals surface area contributed by atoms with E-state index in [1.807, 2.05) is 30.3 Å². The maximum atomic E-state index is 5.92. The molecule has 1 aliphatic rings. The van der Waals surface area contributed by atoms with Crippen LogP contribution in [0.15, 0.2) is 60.8 Å². The summed E-state index contributed by atoms with van der Waals surface area (Å²) in [5.74, 6) is 3.20. The number of pyridine rings is 1.